The maximum atomic E-state index is 12.8. The van der Waals surface area contributed by atoms with Gasteiger partial charge in [-0.1, -0.05) is 0 Å². The number of urea groups is 1. The molecule has 2 saturated heterocycles. The number of nitrogens with zero attached hydrogens (tertiary/aromatic N) is 2. The minimum Gasteiger partial charge on any atom is -0.369 e. The van der Waals surface area contributed by atoms with Crippen LogP contribution in [0.4, 0.5) is 4.79 Å². The molecule has 120 valence electrons. The van der Waals surface area contributed by atoms with E-state index in [1.165, 1.54) is 12.8 Å². The summed E-state index contributed by atoms with van der Waals surface area (Å²) >= 11 is 0. The number of rotatable bonds is 2. The highest BCUT2D eigenvalue weighted by Crippen LogP contribution is 2.61. The predicted octanol–water partition coefficient (Wildman–Crippen LogP) is 1.57. The number of nitrogens with two attached hydrogens (primary N) is 1. The van der Waals surface area contributed by atoms with Crippen molar-refractivity contribution in [3.8, 4) is 0 Å². The van der Waals surface area contributed by atoms with Crippen LogP contribution in [0.2, 0.25) is 0 Å². The van der Waals surface area contributed by atoms with Crippen molar-refractivity contribution >= 4 is 11.9 Å². The molecule has 0 aromatic carbocycles. The molecule has 0 radical (unpaired) electrons. The fourth-order valence-electron chi connectivity index (χ4n) is 6.80. The second-order valence-electron chi connectivity index (χ2n) is 8.53. The Morgan fingerprint density at radius 3 is 2.50 bits per heavy atom. The lowest BCUT2D eigenvalue weighted by atomic mass is 9.47. The average molecular weight is 303 g/mol. The van der Waals surface area contributed by atoms with Crippen molar-refractivity contribution in [1.82, 2.24) is 9.80 Å². The maximum Gasteiger partial charge on any atom is 0.320 e. The van der Waals surface area contributed by atoms with Crippen molar-refractivity contribution in [1.29, 1.82) is 0 Å². The smallest absolute Gasteiger partial charge is 0.320 e. The lowest BCUT2D eigenvalue weighted by Gasteiger charge is -2.60. The molecule has 0 spiro atoms. The van der Waals surface area contributed by atoms with E-state index in [0.29, 0.717) is 29.8 Å². The van der Waals surface area contributed by atoms with E-state index in [4.69, 9.17) is 5.73 Å². The van der Waals surface area contributed by atoms with Gasteiger partial charge in [-0.15, -0.1) is 0 Å². The van der Waals surface area contributed by atoms with Gasteiger partial charge in [-0.2, -0.15) is 0 Å². The molecule has 6 rings (SSSR count). The first kappa shape index (κ1) is 13.2. The van der Waals surface area contributed by atoms with E-state index in [2.05, 4.69) is 9.80 Å². The van der Waals surface area contributed by atoms with Gasteiger partial charge >= 0.3 is 6.03 Å². The third-order valence-corrected chi connectivity index (χ3v) is 7.38. The number of hydrogen-bond donors (Lipinski definition) is 1. The average Bonchev–Trinajstić information content (AvgIpc) is 3.02. The third-order valence-electron chi connectivity index (χ3n) is 7.38. The Morgan fingerprint density at radius 1 is 1.14 bits per heavy atom. The zero-order valence-electron chi connectivity index (χ0n) is 13.0. The number of hydrogen-bond acceptors (Lipinski definition) is 2. The first-order valence-electron chi connectivity index (χ1n) is 8.94. The zero-order valence-corrected chi connectivity index (χ0v) is 13.0. The first-order valence-corrected chi connectivity index (χ1v) is 8.94. The van der Waals surface area contributed by atoms with Crippen LogP contribution in [0.3, 0.4) is 0 Å². The lowest BCUT2D eigenvalue weighted by molar-refractivity contribution is -0.150. The number of primary amides is 1. The molecule has 6 fully saturated rings. The highest BCUT2D eigenvalue weighted by molar-refractivity contribution is 5.82. The first-order chi connectivity index (χ1) is 10.6. The Bertz CT molecular complexity index is 532. The Hall–Kier alpha value is -1.26. The van der Waals surface area contributed by atoms with Crippen molar-refractivity contribution < 1.29 is 9.59 Å². The van der Waals surface area contributed by atoms with Crippen LogP contribution >= 0.6 is 0 Å². The van der Waals surface area contributed by atoms with Crippen LogP contribution in [-0.2, 0) is 4.79 Å². The van der Waals surface area contributed by atoms with Gasteiger partial charge in [0.1, 0.15) is 0 Å². The van der Waals surface area contributed by atoms with E-state index in [1.807, 2.05) is 0 Å². The molecular formula is C17H25N3O2. The summed E-state index contributed by atoms with van der Waals surface area (Å²) < 4.78 is 0. The van der Waals surface area contributed by atoms with Gasteiger partial charge in [-0.05, 0) is 62.7 Å². The molecule has 4 bridgehead atoms. The highest BCUT2D eigenvalue weighted by atomic mass is 16.2. The summed E-state index contributed by atoms with van der Waals surface area (Å²) in [5.41, 5.74) is 5.52. The van der Waals surface area contributed by atoms with E-state index in [1.54, 1.807) is 0 Å². The molecule has 2 heterocycles. The van der Waals surface area contributed by atoms with Gasteiger partial charge in [-0.25, -0.2) is 4.79 Å². The van der Waals surface area contributed by atoms with Gasteiger partial charge in [0, 0.05) is 24.5 Å². The van der Waals surface area contributed by atoms with Crippen LogP contribution in [0.1, 0.15) is 44.9 Å². The molecule has 2 N–H and O–H groups in total. The molecule has 6 aliphatic rings. The SMILES string of the molecule is NC(=O)C12CC3CC(C1)C(N1C[C@@H]4CCCN4C1=O)C(C3)C2. The summed E-state index contributed by atoms with van der Waals surface area (Å²) in [6.07, 6.45) is 7.58. The molecule has 5 heteroatoms. The van der Waals surface area contributed by atoms with Crippen LogP contribution in [0, 0.1) is 23.2 Å². The molecule has 4 saturated carbocycles. The Balaban J connectivity index is 1.44. The van der Waals surface area contributed by atoms with E-state index in [-0.39, 0.29) is 17.4 Å². The largest absolute Gasteiger partial charge is 0.369 e. The quantitative estimate of drug-likeness (QED) is 0.841. The van der Waals surface area contributed by atoms with Gasteiger partial charge in [0.15, 0.2) is 0 Å². The summed E-state index contributed by atoms with van der Waals surface area (Å²) in [5.74, 6) is 1.59. The highest BCUT2D eigenvalue weighted by Gasteiger charge is 2.60. The molecular weight excluding hydrogens is 278 g/mol. The summed E-state index contributed by atoms with van der Waals surface area (Å²) in [4.78, 5) is 29.1. The molecule has 4 aliphatic carbocycles. The van der Waals surface area contributed by atoms with Gasteiger partial charge in [0.05, 0.1) is 6.04 Å². The van der Waals surface area contributed by atoms with Crippen LogP contribution < -0.4 is 5.73 Å². The van der Waals surface area contributed by atoms with Gasteiger partial charge in [0.25, 0.3) is 0 Å². The number of amides is 3. The monoisotopic (exact) mass is 303 g/mol. The molecule has 3 atom stereocenters. The van der Waals surface area contributed by atoms with Crippen molar-refractivity contribution in [3.63, 3.8) is 0 Å². The summed E-state index contributed by atoms with van der Waals surface area (Å²) in [7, 11) is 0. The third kappa shape index (κ3) is 1.55. The molecule has 22 heavy (non-hydrogen) atoms. The van der Waals surface area contributed by atoms with Gasteiger partial charge < -0.3 is 15.5 Å². The fourth-order valence-corrected chi connectivity index (χ4v) is 6.80. The van der Waals surface area contributed by atoms with Crippen LogP contribution in [-0.4, -0.2) is 46.9 Å². The Kier molecular flexibility index (Phi) is 2.51. The Labute approximate surface area is 131 Å². The van der Waals surface area contributed by atoms with Crippen molar-refractivity contribution in [3.05, 3.63) is 0 Å². The molecule has 0 aromatic heterocycles. The van der Waals surface area contributed by atoms with Gasteiger partial charge in [-0.3, -0.25) is 4.79 Å². The minimum atomic E-state index is -0.244. The number of carbonyl (C=O) groups excluding carboxylic acids is 2. The molecule has 0 aromatic rings. The van der Waals surface area contributed by atoms with Crippen molar-refractivity contribution in [2.75, 3.05) is 13.1 Å². The molecule has 2 aliphatic heterocycles. The second-order valence-corrected chi connectivity index (χ2v) is 8.53. The lowest BCUT2D eigenvalue weighted by Crippen LogP contribution is -2.62. The van der Waals surface area contributed by atoms with E-state index < -0.39 is 0 Å². The normalized spacial score (nSPS) is 49.1. The molecule has 5 nitrogen and oxygen atoms in total. The zero-order chi connectivity index (χ0) is 15.1. The summed E-state index contributed by atoms with van der Waals surface area (Å²) in [6.45, 7) is 1.86. The standard InChI is InChI=1S/C17H25N3O2/c18-15(21)17-6-10-4-11(7-17)14(12(5-10)8-17)20-9-13-2-1-3-19(13)16(20)22/h10-14H,1-9H2,(H2,18,21)/t10?,11?,12?,13-,14?,17?/m0/s1. The summed E-state index contributed by atoms with van der Waals surface area (Å²) in [5, 5.41) is 0. The van der Waals surface area contributed by atoms with Crippen LogP contribution in [0.15, 0.2) is 0 Å². The number of carbonyl (C=O) groups is 2. The van der Waals surface area contributed by atoms with E-state index >= 15 is 0 Å². The van der Waals surface area contributed by atoms with Crippen LogP contribution in [0.5, 0.6) is 0 Å². The topological polar surface area (TPSA) is 66.6 Å². The predicted molar refractivity (Wildman–Crippen MR) is 80.8 cm³/mol. The second kappa shape index (κ2) is 4.18. The van der Waals surface area contributed by atoms with E-state index in [9.17, 15) is 9.59 Å². The molecule has 3 amide bonds. The van der Waals surface area contributed by atoms with Crippen LogP contribution in [0.25, 0.3) is 0 Å². The number of fused-ring (bicyclic) bond motifs is 1. The van der Waals surface area contributed by atoms with Gasteiger partial charge in [0.2, 0.25) is 5.91 Å². The fraction of sp³-hybridized carbons (Fsp3) is 0.882. The van der Waals surface area contributed by atoms with E-state index in [0.717, 1.165) is 45.2 Å². The summed E-state index contributed by atoms with van der Waals surface area (Å²) in [6, 6.07) is 1.10. The Morgan fingerprint density at radius 2 is 1.86 bits per heavy atom. The maximum absolute atomic E-state index is 12.8. The molecule has 2 unspecified atom stereocenters. The minimum absolute atomic E-state index is 0.0845. The van der Waals surface area contributed by atoms with Crippen molar-refractivity contribution in [2.24, 2.45) is 28.9 Å². The van der Waals surface area contributed by atoms with Crippen molar-refractivity contribution in [2.45, 2.75) is 57.0 Å².